The van der Waals surface area contributed by atoms with Gasteiger partial charge >= 0.3 is 0 Å². The molecule has 0 fully saturated rings. The van der Waals surface area contributed by atoms with Crippen LogP contribution in [0.25, 0.3) is 11.2 Å². The first-order valence-electron chi connectivity index (χ1n) is 7.37. The number of aliphatic hydroxyl groups excluding tert-OH is 1. The van der Waals surface area contributed by atoms with Gasteiger partial charge < -0.3 is 15.8 Å². The molecule has 1 unspecified atom stereocenters. The maximum atomic E-state index is 10.1. The molecule has 2 aromatic heterocycles. The Morgan fingerprint density at radius 1 is 1.20 bits per heavy atom. The molecule has 2 heterocycles. The number of nitrogens with two attached hydrogens (primary N) is 1. The average molecular weight is 277 g/mol. The number of aromatic amines is 1. The number of hydrogen-bond acceptors (Lipinski definition) is 5. The van der Waals surface area contributed by atoms with Crippen LogP contribution in [0.15, 0.2) is 6.33 Å². The van der Waals surface area contributed by atoms with E-state index in [0.717, 1.165) is 12.8 Å². The number of rotatable bonds is 8. The average Bonchev–Trinajstić information content (AvgIpc) is 2.91. The number of fused-ring (bicyclic) bond motifs is 1. The van der Waals surface area contributed by atoms with Crippen LogP contribution in [0.2, 0.25) is 0 Å². The molecule has 0 aliphatic carbocycles. The third kappa shape index (κ3) is 3.66. The van der Waals surface area contributed by atoms with E-state index < -0.39 is 6.10 Å². The fourth-order valence-electron chi connectivity index (χ4n) is 2.27. The van der Waals surface area contributed by atoms with E-state index in [0.29, 0.717) is 29.2 Å². The zero-order chi connectivity index (χ0) is 14.4. The number of unbranched alkanes of at least 4 members (excludes halogenated alkanes) is 5. The lowest BCUT2D eigenvalue weighted by Gasteiger charge is -2.09. The molecular formula is C14H23N5O. The lowest BCUT2D eigenvalue weighted by atomic mass is 10.1. The van der Waals surface area contributed by atoms with Gasteiger partial charge in [0.05, 0.1) is 6.33 Å². The van der Waals surface area contributed by atoms with Crippen molar-refractivity contribution in [3.05, 3.63) is 12.2 Å². The van der Waals surface area contributed by atoms with Gasteiger partial charge in [0, 0.05) is 0 Å². The lowest BCUT2D eigenvalue weighted by Crippen LogP contribution is -2.07. The molecule has 0 spiro atoms. The van der Waals surface area contributed by atoms with Crippen molar-refractivity contribution in [1.82, 2.24) is 19.9 Å². The van der Waals surface area contributed by atoms with E-state index in [9.17, 15) is 5.11 Å². The highest BCUT2D eigenvalue weighted by molar-refractivity contribution is 5.80. The monoisotopic (exact) mass is 277 g/mol. The molecule has 6 heteroatoms. The SMILES string of the molecule is CCCCCCCCC(O)c1nc(N)c2[nH]cnc2n1. The van der Waals surface area contributed by atoms with Gasteiger partial charge in [-0.25, -0.2) is 15.0 Å². The lowest BCUT2D eigenvalue weighted by molar-refractivity contribution is 0.154. The van der Waals surface area contributed by atoms with Crippen molar-refractivity contribution in [3.63, 3.8) is 0 Å². The Labute approximate surface area is 118 Å². The number of anilines is 1. The molecule has 20 heavy (non-hydrogen) atoms. The van der Waals surface area contributed by atoms with E-state index in [1.54, 1.807) is 0 Å². The zero-order valence-corrected chi connectivity index (χ0v) is 12.0. The Morgan fingerprint density at radius 2 is 1.95 bits per heavy atom. The van der Waals surface area contributed by atoms with E-state index in [2.05, 4.69) is 26.9 Å². The Bertz CT molecular complexity index is 539. The van der Waals surface area contributed by atoms with Gasteiger partial charge in [0.1, 0.15) is 11.6 Å². The van der Waals surface area contributed by atoms with Crippen LogP contribution in [0.1, 0.15) is 63.8 Å². The summed E-state index contributed by atoms with van der Waals surface area (Å²) in [5, 5.41) is 10.1. The van der Waals surface area contributed by atoms with Crippen molar-refractivity contribution in [2.45, 2.75) is 58.0 Å². The summed E-state index contributed by atoms with van der Waals surface area (Å²) < 4.78 is 0. The third-order valence-corrected chi connectivity index (χ3v) is 3.46. The van der Waals surface area contributed by atoms with Crippen molar-refractivity contribution >= 4 is 17.0 Å². The summed E-state index contributed by atoms with van der Waals surface area (Å²) in [5.74, 6) is 0.708. The molecule has 0 amide bonds. The normalized spacial score (nSPS) is 12.9. The Balaban J connectivity index is 1.86. The molecule has 0 bridgehead atoms. The summed E-state index contributed by atoms with van der Waals surface area (Å²) in [4.78, 5) is 15.3. The van der Waals surface area contributed by atoms with Gasteiger partial charge in [-0.15, -0.1) is 0 Å². The summed E-state index contributed by atoms with van der Waals surface area (Å²) in [5.41, 5.74) is 6.95. The molecule has 1 atom stereocenters. The van der Waals surface area contributed by atoms with E-state index in [-0.39, 0.29) is 0 Å². The third-order valence-electron chi connectivity index (χ3n) is 3.46. The highest BCUT2D eigenvalue weighted by Gasteiger charge is 2.14. The second-order valence-electron chi connectivity index (χ2n) is 5.14. The number of aromatic nitrogens is 4. The van der Waals surface area contributed by atoms with E-state index in [1.807, 2.05) is 0 Å². The Morgan fingerprint density at radius 3 is 2.75 bits per heavy atom. The minimum atomic E-state index is -0.662. The molecule has 2 aromatic rings. The Hall–Kier alpha value is -1.69. The number of nitrogens with one attached hydrogen (secondary N) is 1. The Kier molecular flexibility index (Phi) is 5.29. The zero-order valence-electron chi connectivity index (χ0n) is 12.0. The van der Waals surface area contributed by atoms with Gasteiger partial charge in [-0.2, -0.15) is 0 Å². The molecule has 110 valence electrons. The van der Waals surface area contributed by atoms with Gasteiger partial charge in [-0.05, 0) is 6.42 Å². The number of imidazole rings is 1. The van der Waals surface area contributed by atoms with Gasteiger partial charge in [0.25, 0.3) is 0 Å². The molecule has 0 radical (unpaired) electrons. The highest BCUT2D eigenvalue weighted by Crippen LogP contribution is 2.21. The fourth-order valence-corrected chi connectivity index (χ4v) is 2.27. The maximum Gasteiger partial charge on any atom is 0.183 e. The highest BCUT2D eigenvalue weighted by atomic mass is 16.3. The number of nitrogens with zero attached hydrogens (tertiary/aromatic N) is 3. The van der Waals surface area contributed by atoms with E-state index in [1.165, 1.54) is 32.0 Å². The molecule has 0 saturated heterocycles. The van der Waals surface area contributed by atoms with Crippen LogP contribution in [-0.2, 0) is 0 Å². The van der Waals surface area contributed by atoms with Gasteiger partial charge in [0.15, 0.2) is 17.3 Å². The van der Waals surface area contributed by atoms with E-state index >= 15 is 0 Å². The summed E-state index contributed by atoms with van der Waals surface area (Å²) >= 11 is 0. The van der Waals surface area contributed by atoms with Crippen molar-refractivity contribution in [3.8, 4) is 0 Å². The molecule has 2 rings (SSSR count). The van der Waals surface area contributed by atoms with E-state index in [4.69, 9.17) is 5.73 Å². The predicted octanol–water partition coefficient (Wildman–Crippen LogP) is 2.72. The largest absolute Gasteiger partial charge is 0.385 e. The molecule has 0 aromatic carbocycles. The van der Waals surface area contributed by atoms with Gasteiger partial charge in [-0.1, -0.05) is 45.4 Å². The van der Waals surface area contributed by atoms with Crippen LogP contribution in [0.5, 0.6) is 0 Å². The molecule has 0 aliphatic heterocycles. The van der Waals surface area contributed by atoms with Crippen LogP contribution in [-0.4, -0.2) is 25.0 Å². The van der Waals surface area contributed by atoms with Gasteiger partial charge in [0.2, 0.25) is 0 Å². The van der Waals surface area contributed by atoms with Gasteiger partial charge in [-0.3, -0.25) is 0 Å². The standard InChI is InChI=1S/C14H23N5O/c1-2-3-4-5-6-7-8-10(20)13-18-12(15)11-14(19-13)17-9-16-11/h9-10,20H,2-8H2,1H3,(H3,15,16,17,18,19). The first-order chi connectivity index (χ1) is 9.72. The number of aliphatic hydroxyl groups is 1. The predicted molar refractivity (Wildman–Crippen MR) is 79.0 cm³/mol. The summed E-state index contributed by atoms with van der Waals surface area (Å²) in [6.45, 7) is 2.21. The molecule has 0 aliphatic rings. The van der Waals surface area contributed by atoms with Crippen LogP contribution >= 0.6 is 0 Å². The second-order valence-corrected chi connectivity index (χ2v) is 5.14. The van der Waals surface area contributed by atoms with Crippen molar-refractivity contribution in [2.24, 2.45) is 0 Å². The summed E-state index contributed by atoms with van der Waals surface area (Å²) in [6.07, 6.45) is 8.68. The number of H-pyrrole nitrogens is 1. The number of hydrogen-bond donors (Lipinski definition) is 3. The molecular weight excluding hydrogens is 254 g/mol. The smallest absolute Gasteiger partial charge is 0.183 e. The molecule has 0 saturated carbocycles. The van der Waals surface area contributed by atoms with Crippen molar-refractivity contribution < 1.29 is 5.11 Å². The number of nitrogen functional groups attached to an aromatic ring is 1. The van der Waals surface area contributed by atoms with Crippen LogP contribution < -0.4 is 5.73 Å². The first-order valence-corrected chi connectivity index (χ1v) is 7.37. The second kappa shape index (κ2) is 7.19. The molecule has 6 nitrogen and oxygen atoms in total. The summed E-state index contributed by atoms with van der Waals surface area (Å²) in [7, 11) is 0. The molecule has 4 N–H and O–H groups in total. The maximum absolute atomic E-state index is 10.1. The fraction of sp³-hybridized carbons (Fsp3) is 0.643. The minimum Gasteiger partial charge on any atom is -0.385 e. The quantitative estimate of drug-likeness (QED) is 0.644. The minimum absolute atomic E-state index is 0.337. The first kappa shape index (κ1) is 14.7. The topological polar surface area (TPSA) is 101 Å². The van der Waals surface area contributed by atoms with Crippen LogP contribution in [0.3, 0.4) is 0 Å². The van der Waals surface area contributed by atoms with Crippen LogP contribution in [0.4, 0.5) is 5.82 Å². The van der Waals surface area contributed by atoms with Crippen molar-refractivity contribution in [1.29, 1.82) is 0 Å². The van der Waals surface area contributed by atoms with Crippen molar-refractivity contribution in [2.75, 3.05) is 5.73 Å². The van der Waals surface area contributed by atoms with Crippen LogP contribution in [0, 0.1) is 0 Å². The summed E-state index contributed by atoms with van der Waals surface area (Å²) in [6, 6.07) is 0.